The van der Waals surface area contributed by atoms with Crippen LogP contribution in [0, 0.1) is 18.3 Å². The summed E-state index contributed by atoms with van der Waals surface area (Å²) < 4.78 is 0. The highest BCUT2D eigenvalue weighted by Gasteiger charge is 2.13. The number of halogens is 2. The molecule has 4 heteroatoms. The van der Waals surface area contributed by atoms with Crippen molar-refractivity contribution in [2.45, 2.75) is 6.92 Å². The number of aryl methyl sites for hydroxylation is 1. The van der Waals surface area contributed by atoms with Crippen LogP contribution in [0.4, 0.5) is 0 Å². The topological polar surface area (TPSA) is 36.7 Å². The molecule has 0 saturated heterocycles. The molecule has 0 fully saturated rings. The van der Waals surface area contributed by atoms with E-state index >= 15 is 0 Å². The van der Waals surface area contributed by atoms with Gasteiger partial charge < -0.3 is 0 Å². The van der Waals surface area contributed by atoms with E-state index in [-0.39, 0.29) is 0 Å². The lowest BCUT2D eigenvalue weighted by atomic mass is 10.0. The summed E-state index contributed by atoms with van der Waals surface area (Å²) in [5.74, 6) is 0. The van der Waals surface area contributed by atoms with Crippen LogP contribution in [0.1, 0.15) is 16.7 Å². The van der Waals surface area contributed by atoms with Crippen molar-refractivity contribution in [1.29, 1.82) is 5.26 Å². The molecule has 94 valence electrons. The molecule has 2 nitrogen and oxygen atoms in total. The van der Waals surface area contributed by atoms with E-state index in [0.717, 1.165) is 11.1 Å². The highest BCUT2D eigenvalue weighted by molar-refractivity contribution is 6.54. The minimum absolute atomic E-state index is 0.349. The van der Waals surface area contributed by atoms with E-state index in [2.05, 4.69) is 11.1 Å². The van der Waals surface area contributed by atoms with Crippen LogP contribution in [0.25, 0.3) is 10.6 Å². The van der Waals surface area contributed by atoms with Crippen molar-refractivity contribution in [1.82, 2.24) is 4.98 Å². The second-order valence-corrected chi connectivity index (χ2v) is 4.73. The molecule has 1 aromatic carbocycles. The van der Waals surface area contributed by atoms with E-state index in [1.807, 2.05) is 19.1 Å². The van der Waals surface area contributed by atoms with Gasteiger partial charge in [-0.3, -0.25) is 4.98 Å². The van der Waals surface area contributed by atoms with Gasteiger partial charge in [-0.1, -0.05) is 41.4 Å². The molecule has 1 heterocycles. The van der Waals surface area contributed by atoms with Gasteiger partial charge in [0, 0.05) is 18.0 Å². The fraction of sp³-hybridized carbons (Fsp3) is 0.0667. The lowest BCUT2D eigenvalue weighted by molar-refractivity contribution is 1.32. The monoisotopic (exact) mass is 288 g/mol. The zero-order chi connectivity index (χ0) is 13.8. The first-order valence-electron chi connectivity index (χ1n) is 5.61. The summed E-state index contributed by atoms with van der Waals surface area (Å²) in [5, 5.41) is 10.2. The number of hydrogen-bond acceptors (Lipinski definition) is 2. The Bertz CT molecular complexity index is 670. The van der Waals surface area contributed by atoms with E-state index in [0.29, 0.717) is 21.2 Å². The number of pyridine rings is 1. The quantitative estimate of drug-likeness (QED) is 0.753. The molecule has 0 radical (unpaired) electrons. The molecule has 0 spiro atoms. The molecule has 2 rings (SSSR count). The summed E-state index contributed by atoms with van der Waals surface area (Å²) in [6.07, 6.45) is 3.24. The summed E-state index contributed by atoms with van der Waals surface area (Å²) in [6.45, 7) is 1.90. The van der Waals surface area contributed by atoms with Gasteiger partial charge in [0.05, 0.1) is 15.6 Å². The first kappa shape index (κ1) is 13.6. The summed E-state index contributed by atoms with van der Waals surface area (Å²) in [6, 6.07) is 11.2. The highest BCUT2D eigenvalue weighted by atomic mass is 35.5. The Morgan fingerprint density at radius 1 is 1.21 bits per heavy atom. The van der Waals surface area contributed by atoms with Gasteiger partial charge in [0.2, 0.25) is 0 Å². The minimum Gasteiger partial charge on any atom is -0.265 e. The van der Waals surface area contributed by atoms with Crippen LogP contribution in [-0.2, 0) is 0 Å². The number of nitrogens with zero attached hydrogens (tertiary/aromatic N) is 2. The van der Waals surface area contributed by atoms with Crippen LogP contribution >= 0.6 is 23.2 Å². The Morgan fingerprint density at radius 3 is 2.53 bits per heavy atom. The normalized spacial score (nSPS) is 11.7. The summed E-state index contributed by atoms with van der Waals surface area (Å²) in [4.78, 5) is 3.92. The van der Waals surface area contributed by atoms with E-state index in [1.54, 1.807) is 30.6 Å². The summed E-state index contributed by atoms with van der Waals surface area (Å²) in [7, 11) is 0. The average Bonchev–Trinajstić information content (AvgIpc) is 2.44. The van der Waals surface area contributed by atoms with Crippen molar-refractivity contribution in [3.05, 3.63) is 64.4 Å². The Morgan fingerprint density at radius 2 is 1.89 bits per heavy atom. The second-order valence-electron chi connectivity index (χ2n) is 3.97. The number of allylic oxidation sites excluding steroid dienone is 1. The van der Waals surface area contributed by atoms with Crippen LogP contribution in [0.2, 0.25) is 5.02 Å². The Labute approximate surface area is 121 Å². The van der Waals surface area contributed by atoms with Crippen LogP contribution in [-0.4, -0.2) is 4.98 Å². The van der Waals surface area contributed by atoms with Gasteiger partial charge in [-0.2, -0.15) is 5.26 Å². The number of rotatable bonds is 2. The van der Waals surface area contributed by atoms with E-state index in [1.165, 1.54) is 0 Å². The molecular weight excluding hydrogens is 279 g/mol. The van der Waals surface area contributed by atoms with Crippen LogP contribution in [0.3, 0.4) is 0 Å². The van der Waals surface area contributed by atoms with E-state index in [4.69, 9.17) is 23.2 Å². The van der Waals surface area contributed by atoms with E-state index in [9.17, 15) is 5.26 Å². The molecule has 0 N–H and O–H groups in total. The van der Waals surface area contributed by atoms with Crippen molar-refractivity contribution < 1.29 is 0 Å². The SMILES string of the molecule is Cc1cccc(/C(Cl)=C(/C#N)c2ccncc2)c1Cl. The van der Waals surface area contributed by atoms with Gasteiger partial charge in [-0.05, 0) is 30.2 Å². The van der Waals surface area contributed by atoms with E-state index < -0.39 is 0 Å². The van der Waals surface area contributed by atoms with Gasteiger partial charge in [0.25, 0.3) is 0 Å². The largest absolute Gasteiger partial charge is 0.265 e. The Balaban J connectivity index is 2.63. The van der Waals surface area contributed by atoms with Gasteiger partial charge in [0.15, 0.2) is 0 Å². The fourth-order valence-corrected chi connectivity index (χ4v) is 2.29. The van der Waals surface area contributed by atoms with Crippen molar-refractivity contribution >= 4 is 33.8 Å². The van der Waals surface area contributed by atoms with Crippen molar-refractivity contribution in [3.8, 4) is 6.07 Å². The first-order chi connectivity index (χ1) is 9.15. The summed E-state index contributed by atoms with van der Waals surface area (Å²) in [5.41, 5.74) is 2.69. The highest BCUT2D eigenvalue weighted by Crippen LogP contribution is 2.34. The molecule has 0 aliphatic rings. The Hall–Kier alpha value is -1.82. The van der Waals surface area contributed by atoms with Gasteiger partial charge in [0.1, 0.15) is 6.07 Å². The Kier molecular flexibility index (Phi) is 4.21. The maximum absolute atomic E-state index is 9.32. The molecule has 0 aliphatic heterocycles. The van der Waals surface area contributed by atoms with Crippen LogP contribution < -0.4 is 0 Å². The maximum atomic E-state index is 9.32. The third-order valence-corrected chi connectivity index (χ3v) is 3.62. The second kappa shape index (κ2) is 5.88. The number of aromatic nitrogens is 1. The first-order valence-corrected chi connectivity index (χ1v) is 6.36. The van der Waals surface area contributed by atoms with Crippen molar-refractivity contribution in [3.63, 3.8) is 0 Å². The minimum atomic E-state index is 0.349. The molecule has 19 heavy (non-hydrogen) atoms. The van der Waals surface area contributed by atoms with Gasteiger partial charge >= 0.3 is 0 Å². The smallest absolute Gasteiger partial charge is 0.101 e. The van der Waals surface area contributed by atoms with Crippen LogP contribution in [0.5, 0.6) is 0 Å². The molecule has 0 amide bonds. The fourth-order valence-electron chi connectivity index (χ4n) is 1.71. The predicted molar refractivity (Wildman–Crippen MR) is 78.7 cm³/mol. The molecule has 0 aliphatic carbocycles. The van der Waals surface area contributed by atoms with Crippen LogP contribution in [0.15, 0.2) is 42.7 Å². The van der Waals surface area contributed by atoms with Crippen molar-refractivity contribution in [2.24, 2.45) is 0 Å². The maximum Gasteiger partial charge on any atom is 0.101 e. The molecule has 0 atom stereocenters. The predicted octanol–water partition coefficient (Wildman–Crippen LogP) is 4.67. The van der Waals surface area contributed by atoms with Crippen molar-refractivity contribution in [2.75, 3.05) is 0 Å². The summed E-state index contributed by atoms with van der Waals surface area (Å²) >= 11 is 12.6. The van der Waals surface area contributed by atoms with Gasteiger partial charge in [-0.25, -0.2) is 0 Å². The molecule has 0 unspecified atom stereocenters. The molecule has 2 aromatic rings. The van der Waals surface area contributed by atoms with Gasteiger partial charge in [-0.15, -0.1) is 0 Å². The average molecular weight is 289 g/mol. The molecule has 1 aromatic heterocycles. The zero-order valence-corrected chi connectivity index (χ0v) is 11.7. The number of hydrogen-bond donors (Lipinski definition) is 0. The lowest BCUT2D eigenvalue weighted by Gasteiger charge is -2.08. The molecular formula is C15H10Cl2N2. The standard InChI is InChI=1S/C15H10Cl2N2/c1-10-3-2-4-12(14(10)16)15(17)13(9-18)11-5-7-19-8-6-11/h2-8H,1H3/b15-13+. The lowest BCUT2D eigenvalue weighted by Crippen LogP contribution is -1.89. The molecule has 0 bridgehead atoms. The molecule has 0 saturated carbocycles. The number of benzene rings is 1. The third kappa shape index (κ3) is 2.78. The number of nitriles is 1. The third-order valence-electron chi connectivity index (χ3n) is 2.73. The zero-order valence-electron chi connectivity index (χ0n) is 10.2.